The number of aliphatic hydroxyl groups is 1. The summed E-state index contributed by atoms with van der Waals surface area (Å²) < 4.78 is 5.36. The highest BCUT2D eigenvalue weighted by Gasteiger charge is 2.43. The maximum atomic E-state index is 12.6. The van der Waals surface area contributed by atoms with Gasteiger partial charge in [-0.2, -0.15) is 0 Å². The number of hydrogen-bond acceptors (Lipinski definition) is 4. The molecule has 0 heterocycles. The lowest BCUT2D eigenvalue weighted by Gasteiger charge is -2.23. The summed E-state index contributed by atoms with van der Waals surface area (Å²) in [6, 6.07) is 0. The molecule has 1 atom stereocenters. The summed E-state index contributed by atoms with van der Waals surface area (Å²) in [5.74, 6) is -1.44. The second-order valence-electron chi connectivity index (χ2n) is 13.2. The van der Waals surface area contributed by atoms with E-state index >= 15 is 0 Å². The van der Waals surface area contributed by atoms with E-state index in [4.69, 9.17) is 4.74 Å². The van der Waals surface area contributed by atoms with Crippen LogP contribution in [0, 0.1) is 0 Å². The van der Waals surface area contributed by atoms with Gasteiger partial charge in [-0.25, -0.2) is 4.79 Å². The number of ketones is 1. The Balaban J connectivity index is 3.76. The van der Waals surface area contributed by atoms with Gasteiger partial charge in [-0.15, -0.1) is 0 Å². The number of rotatable bonds is 35. The molecule has 0 aliphatic carbocycles. The molecule has 0 saturated heterocycles. The van der Waals surface area contributed by atoms with Gasteiger partial charge in [0.1, 0.15) is 0 Å². The van der Waals surface area contributed by atoms with Gasteiger partial charge in [0.2, 0.25) is 5.60 Å². The van der Waals surface area contributed by atoms with Gasteiger partial charge in [0.15, 0.2) is 5.78 Å². The molecule has 0 aromatic heterocycles. The van der Waals surface area contributed by atoms with Crippen LogP contribution >= 0.6 is 0 Å². The van der Waals surface area contributed by atoms with Crippen molar-refractivity contribution in [3.63, 3.8) is 0 Å². The lowest BCUT2D eigenvalue weighted by molar-refractivity contribution is -0.170. The molecule has 0 rings (SSSR count). The number of ether oxygens (including phenoxy) is 1. The van der Waals surface area contributed by atoms with E-state index in [0.717, 1.165) is 38.2 Å². The van der Waals surface area contributed by atoms with Crippen LogP contribution in [-0.2, 0) is 14.3 Å². The summed E-state index contributed by atoms with van der Waals surface area (Å²) in [5, 5.41) is 10.9. The minimum Gasteiger partial charge on any atom is -0.463 e. The Hall–Kier alpha value is -1.16. The highest BCUT2D eigenvalue weighted by atomic mass is 16.5. The average Bonchev–Trinajstić information content (AvgIpc) is 3.01. The van der Waals surface area contributed by atoms with E-state index in [0.29, 0.717) is 6.42 Å². The monoisotopic (exact) mass is 607 g/mol. The van der Waals surface area contributed by atoms with Crippen molar-refractivity contribution in [1.29, 1.82) is 0 Å². The minimum absolute atomic E-state index is 0.119. The van der Waals surface area contributed by atoms with Crippen molar-refractivity contribution >= 4 is 11.8 Å². The molecule has 0 fully saturated rings. The number of carbonyl (C=O) groups excluding carboxylic acids is 2. The molecular weight excluding hydrogens is 532 g/mol. The van der Waals surface area contributed by atoms with Crippen molar-refractivity contribution in [2.45, 2.75) is 218 Å². The topological polar surface area (TPSA) is 63.6 Å². The summed E-state index contributed by atoms with van der Waals surface area (Å²) >= 11 is 0. The van der Waals surface area contributed by atoms with Crippen LogP contribution in [0.1, 0.15) is 213 Å². The van der Waals surface area contributed by atoms with E-state index in [1.54, 1.807) is 0 Å². The first-order chi connectivity index (χ1) is 21.0. The molecule has 0 bridgehead atoms. The third-order valence-electron chi connectivity index (χ3n) is 9.05. The average molecular weight is 607 g/mol. The first kappa shape index (κ1) is 41.8. The van der Waals surface area contributed by atoms with Crippen LogP contribution < -0.4 is 0 Å². The molecular formula is C39H74O4. The Labute approximate surface area is 268 Å². The van der Waals surface area contributed by atoms with Crippen LogP contribution in [0.5, 0.6) is 0 Å². The smallest absolute Gasteiger partial charge is 0.346 e. The van der Waals surface area contributed by atoms with Crippen LogP contribution in [0.25, 0.3) is 0 Å². The third-order valence-corrected chi connectivity index (χ3v) is 9.05. The molecule has 1 N–H and O–H groups in total. The SMILES string of the molecule is C=CC(=O)C(O)(CCCCCCCCCCCCCCCC)C(=O)OCCCCCCCCCCCCCCCCCC. The first-order valence-electron chi connectivity index (χ1n) is 19.1. The van der Waals surface area contributed by atoms with E-state index in [1.165, 1.54) is 154 Å². The number of unbranched alkanes of at least 4 members (excludes halogenated alkanes) is 28. The van der Waals surface area contributed by atoms with Crippen LogP contribution in [0.2, 0.25) is 0 Å². The maximum absolute atomic E-state index is 12.6. The molecule has 0 aliphatic rings. The van der Waals surface area contributed by atoms with Crippen LogP contribution in [0.3, 0.4) is 0 Å². The fraction of sp³-hybridized carbons (Fsp3) is 0.897. The zero-order valence-electron chi connectivity index (χ0n) is 29.1. The zero-order valence-corrected chi connectivity index (χ0v) is 29.1. The van der Waals surface area contributed by atoms with Crippen molar-refractivity contribution in [3.8, 4) is 0 Å². The molecule has 4 heteroatoms. The van der Waals surface area contributed by atoms with Gasteiger partial charge in [-0.1, -0.05) is 200 Å². The molecule has 43 heavy (non-hydrogen) atoms. The predicted molar refractivity (Wildman–Crippen MR) is 186 cm³/mol. The van der Waals surface area contributed by atoms with Gasteiger partial charge in [0.25, 0.3) is 0 Å². The molecule has 0 amide bonds. The van der Waals surface area contributed by atoms with Gasteiger partial charge in [0.05, 0.1) is 6.61 Å². The fourth-order valence-electron chi connectivity index (χ4n) is 6.00. The van der Waals surface area contributed by atoms with E-state index in [9.17, 15) is 14.7 Å². The number of esters is 1. The largest absolute Gasteiger partial charge is 0.463 e. The molecule has 254 valence electrons. The van der Waals surface area contributed by atoms with Gasteiger partial charge in [0, 0.05) is 0 Å². The normalized spacial score (nSPS) is 12.7. The summed E-state index contributed by atoms with van der Waals surface area (Å²) in [6.07, 6.45) is 39.1. The lowest BCUT2D eigenvalue weighted by Crippen LogP contribution is -2.47. The van der Waals surface area contributed by atoms with E-state index in [-0.39, 0.29) is 13.0 Å². The van der Waals surface area contributed by atoms with Crippen molar-refractivity contribution in [3.05, 3.63) is 12.7 Å². The van der Waals surface area contributed by atoms with E-state index in [1.807, 2.05) is 0 Å². The highest BCUT2D eigenvalue weighted by molar-refractivity contribution is 6.11. The third kappa shape index (κ3) is 25.8. The Morgan fingerprint density at radius 2 is 0.791 bits per heavy atom. The zero-order chi connectivity index (χ0) is 31.7. The Bertz CT molecular complexity index is 631. The molecule has 0 saturated carbocycles. The van der Waals surface area contributed by atoms with Crippen molar-refractivity contribution < 1.29 is 19.4 Å². The molecule has 0 radical (unpaired) electrons. The molecule has 0 aromatic rings. The Morgan fingerprint density at radius 3 is 1.09 bits per heavy atom. The number of carbonyl (C=O) groups is 2. The minimum atomic E-state index is -2.08. The van der Waals surface area contributed by atoms with E-state index < -0.39 is 17.4 Å². The fourth-order valence-corrected chi connectivity index (χ4v) is 6.00. The Morgan fingerprint density at radius 1 is 0.512 bits per heavy atom. The highest BCUT2D eigenvalue weighted by Crippen LogP contribution is 2.21. The van der Waals surface area contributed by atoms with Gasteiger partial charge >= 0.3 is 5.97 Å². The van der Waals surface area contributed by atoms with E-state index in [2.05, 4.69) is 20.4 Å². The van der Waals surface area contributed by atoms with Crippen molar-refractivity contribution in [1.82, 2.24) is 0 Å². The first-order valence-corrected chi connectivity index (χ1v) is 19.1. The van der Waals surface area contributed by atoms with Gasteiger partial charge < -0.3 is 9.84 Å². The summed E-state index contributed by atoms with van der Waals surface area (Å²) in [4.78, 5) is 25.0. The maximum Gasteiger partial charge on any atom is 0.346 e. The van der Waals surface area contributed by atoms with Gasteiger partial charge in [-0.3, -0.25) is 4.79 Å². The molecule has 1 unspecified atom stereocenters. The standard InChI is InChI=1S/C39H74O4/c1-4-7-9-11-13-15-17-19-21-22-24-26-28-30-32-34-36-43-38(41)39(42,37(40)6-3)35-33-31-29-27-25-23-20-18-16-14-12-10-8-5-2/h6,42H,3-5,7-36H2,1-2H3. The van der Waals surface area contributed by atoms with Crippen LogP contribution in [0.4, 0.5) is 0 Å². The summed E-state index contributed by atoms with van der Waals surface area (Å²) in [7, 11) is 0. The molecule has 0 aliphatic heterocycles. The summed E-state index contributed by atoms with van der Waals surface area (Å²) in [6.45, 7) is 8.29. The van der Waals surface area contributed by atoms with Crippen LogP contribution in [0.15, 0.2) is 12.7 Å². The Kier molecular flexibility index (Phi) is 31.4. The van der Waals surface area contributed by atoms with Crippen molar-refractivity contribution in [2.75, 3.05) is 6.61 Å². The quantitative estimate of drug-likeness (QED) is 0.0337. The van der Waals surface area contributed by atoms with Gasteiger partial charge in [-0.05, 0) is 25.3 Å². The lowest BCUT2D eigenvalue weighted by atomic mass is 9.91. The second kappa shape index (κ2) is 32.2. The van der Waals surface area contributed by atoms with Crippen molar-refractivity contribution in [2.24, 2.45) is 0 Å². The predicted octanol–water partition coefficient (Wildman–Crippen LogP) is 12.1. The van der Waals surface area contributed by atoms with Crippen LogP contribution in [-0.4, -0.2) is 29.1 Å². The molecule has 0 spiro atoms. The second-order valence-corrected chi connectivity index (χ2v) is 13.2. The molecule has 4 nitrogen and oxygen atoms in total. The summed E-state index contributed by atoms with van der Waals surface area (Å²) in [5.41, 5.74) is -2.08. The number of hydrogen-bond donors (Lipinski definition) is 1. The molecule has 0 aromatic carbocycles.